The van der Waals surface area contributed by atoms with Crippen LogP contribution in [0.5, 0.6) is 0 Å². The van der Waals surface area contributed by atoms with Crippen molar-refractivity contribution in [3.05, 3.63) is 49.0 Å². The molecule has 0 heterocycles. The van der Waals surface area contributed by atoms with Gasteiger partial charge in [0.1, 0.15) is 5.83 Å². The van der Waals surface area contributed by atoms with Crippen LogP contribution in [0.1, 0.15) is 6.92 Å². The van der Waals surface area contributed by atoms with Crippen LogP contribution in [0, 0.1) is 0 Å². The zero-order valence-electron chi connectivity index (χ0n) is 7.31. The fourth-order valence-electron chi connectivity index (χ4n) is 0.733. The molecule has 0 aliphatic heterocycles. The maximum absolute atomic E-state index is 13.0. The van der Waals surface area contributed by atoms with Crippen LogP contribution in [-0.2, 0) is 0 Å². The average molecular weight is 167 g/mol. The van der Waals surface area contributed by atoms with Crippen LogP contribution in [0.15, 0.2) is 49.0 Å². The summed E-state index contributed by atoms with van der Waals surface area (Å²) >= 11 is 0. The summed E-state index contributed by atoms with van der Waals surface area (Å²) in [4.78, 5) is 0. The van der Waals surface area contributed by atoms with Crippen molar-refractivity contribution in [3.8, 4) is 0 Å². The van der Waals surface area contributed by atoms with Gasteiger partial charge < -0.3 is 5.32 Å². The quantitative estimate of drug-likeness (QED) is 0.621. The Labute approximate surface area is 73.0 Å². The molecule has 1 N–H and O–H groups in total. The molecule has 66 valence electrons. The molecular weight excluding hydrogens is 153 g/mol. The molecule has 0 aromatic heterocycles. The molecule has 0 aliphatic rings. The monoisotopic (exact) mass is 167 g/mol. The summed E-state index contributed by atoms with van der Waals surface area (Å²) < 4.78 is 13.0. The van der Waals surface area contributed by atoms with E-state index in [2.05, 4.69) is 18.5 Å². The molecule has 0 atom stereocenters. The fourth-order valence-corrected chi connectivity index (χ4v) is 0.733. The van der Waals surface area contributed by atoms with Gasteiger partial charge in [0, 0.05) is 12.1 Å². The van der Waals surface area contributed by atoms with Crippen molar-refractivity contribution in [1.29, 1.82) is 0 Å². The van der Waals surface area contributed by atoms with Crippen LogP contribution in [0.3, 0.4) is 0 Å². The topological polar surface area (TPSA) is 12.0 Å². The predicted octanol–water partition coefficient (Wildman–Crippen LogP) is 2.71. The second kappa shape index (κ2) is 6.40. The summed E-state index contributed by atoms with van der Waals surface area (Å²) in [5.74, 6) is -0.232. The summed E-state index contributed by atoms with van der Waals surface area (Å²) in [6.07, 6.45) is 6.13. The molecule has 0 unspecified atom stereocenters. The molecule has 0 bridgehead atoms. The summed E-state index contributed by atoms with van der Waals surface area (Å²) in [6, 6.07) is 0. The van der Waals surface area contributed by atoms with Gasteiger partial charge in [0.2, 0.25) is 0 Å². The lowest BCUT2D eigenvalue weighted by molar-refractivity contribution is 0.639. The summed E-state index contributed by atoms with van der Waals surface area (Å²) in [5.41, 5.74) is 0.576. The maximum atomic E-state index is 13.0. The van der Waals surface area contributed by atoms with Gasteiger partial charge in [-0.2, -0.15) is 0 Å². The Bertz CT molecular complexity index is 214. The van der Waals surface area contributed by atoms with E-state index in [9.17, 15) is 4.39 Å². The Balaban J connectivity index is 4.33. The van der Waals surface area contributed by atoms with Gasteiger partial charge in [-0.3, -0.25) is 0 Å². The first-order valence-corrected chi connectivity index (χ1v) is 3.74. The molecule has 12 heavy (non-hydrogen) atoms. The highest BCUT2D eigenvalue weighted by Crippen LogP contribution is 2.09. The first-order valence-electron chi connectivity index (χ1n) is 3.74. The molecule has 0 rings (SSSR count). The minimum atomic E-state index is -0.232. The van der Waals surface area contributed by atoms with Crippen molar-refractivity contribution in [2.45, 2.75) is 6.92 Å². The third-order valence-corrected chi connectivity index (χ3v) is 1.32. The van der Waals surface area contributed by atoms with Crippen molar-refractivity contribution in [2.75, 3.05) is 6.54 Å². The van der Waals surface area contributed by atoms with E-state index >= 15 is 0 Å². The second-order valence-electron chi connectivity index (χ2n) is 2.15. The molecule has 2 heteroatoms. The lowest BCUT2D eigenvalue weighted by atomic mass is 10.2. The van der Waals surface area contributed by atoms with Gasteiger partial charge in [0.25, 0.3) is 0 Å². The van der Waals surface area contributed by atoms with Gasteiger partial charge >= 0.3 is 0 Å². The van der Waals surface area contributed by atoms with Crippen molar-refractivity contribution in [2.24, 2.45) is 0 Å². The average Bonchev–Trinajstić information content (AvgIpc) is 2.11. The van der Waals surface area contributed by atoms with Crippen LogP contribution in [0.25, 0.3) is 0 Å². The largest absolute Gasteiger partial charge is 0.387 e. The highest BCUT2D eigenvalue weighted by molar-refractivity contribution is 5.29. The number of nitrogens with one attached hydrogen (secondary N) is 1. The minimum absolute atomic E-state index is 0.232. The normalized spacial score (nSPS) is 12.5. The van der Waals surface area contributed by atoms with Gasteiger partial charge in [-0.1, -0.05) is 31.4 Å². The highest BCUT2D eigenvalue weighted by atomic mass is 19.1. The Kier molecular flexibility index (Phi) is 5.70. The van der Waals surface area contributed by atoms with Crippen LogP contribution in [0.4, 0.5) is 4.39 Å². The van der Waals surface area contributed by atoms with E-state index < -0.39 is 0 Å². The van der Waals surface area contributed by atoms with E-state index in [-0.39, 0.29) is 5.83 Å². The first kappa shape index (κ1) is 10.7. The van der Waals surface area contributed by atoms with Crippen LogP contribution >= 0.6 is 0 Å². The van der Waals surface area contributed by atoms with E-state index in [1.807, 2.05) is 0 Å². The lowest BCUT2D eigenvalue weighted by Crippen LogP contribution is -2.09. The van der Waals surface area contributed by atoms with E-state index in [1.54, 1.807) is 19.1 Å². The molecule has 0 spiro atoms. The molecule has 0 saturated heterocycles. The SMILES string of the molecule is C=C/C=C(CNC=C)\C(F)=C/C. The van der Waals surface area contributed by atoms with E-state index in [0.29, 0.717) is 12.1 Å². The summed E-state index contributed by atoms with van der Waals surface area (Å²) in [7, 11) is 0. The Morgan fingerprint density at radius 2 is 2.17 bits per heavy atom. The van der Waals surface area contributed by atoms with Crippen LogP contribution in [-0.4, -0.2) is 6.54 Å². The van der Waals surface area contributed by atoms with Gasteiger partial charge in [-0.15, -0.1) is 0 Å². The number of hydrogen-bond donors (Lipinski definition) is 1. The predicted molar refractivity (Wildman–Crippen MR) is 51.3 cm³/mol. The third kappa shape index (κ3) is 3.76. The summed E-state index contributed by atoms with van der Waals surface area (Å²) in [6.45, 7) is 9.06. The van der Waals surface area contributed by atoms with Crippen molar-refractivity contribution >= 4 is 0 Å². The molecule has 1 nitrogen and oxygen atoms in total. The number of hydrogen-bond acceptors (Lipinski definition) is 1. The first-order chi connectivity index (χ1) is 5.76. The molecule has 0 aliphatic carbocycles. The third-order valence-electron chi connectivity index (χ3n) is 1.32. The number of halogens is 1. The fraction of sp³-hybridized carbons (Fsp3) is 0.200. The Morgan fingerprint density at radius 1 is 1.50 bits per heavy atom. The van der Waals surface area contributed by atoms with E-state index in [1.165, 1.54) is 12.3 Å². The maximum Gasteiger partial charge on any atom is 0.123 e. The van der Waals surface area contributed by atoms with Crippen molar-refractivity contribution in [1.82, 2.24) is 5.32 Å². The molecule has 0 fully saturated rings. The van der Waals surface area contributed by atoms with Crippen LogP contribution < -0.4 is 5.32 Å². The standard InChI is InChI=1S/C10H14FN/c1-4-7-9(8-12-6-3)10(11)5-2/h4-7,12H,1,3,8H2,2H3/b9-7-,10-5+. The van der Waals surface area contributed by atoms with Crippen LogP contribution in [0.2, 0.25) is 0 Å². The van der Waals surface area contributed by atoms with Gasteiger partial charge in [-0.25, -0.2) is 4.39 Å². The van der Waals surface area contributed by atoms with Gasteiger partial charge in [0.15, 0.2) is 0 Å². The van der Waals surface area contributed by atoms with Gasteiger partial charge in [0.05, 0.1) is 0 Å². The molecule has 0 amide bonds. The highest BCUT2D eigenvalue weighted by Gasteiger charge is 1.99. The smallest absolute Gasteiger partial charge is 0.123 e. The molecule has 0 aromatic carbocycles. The molecule has 0 aromatic rings. The zero-order chi connectivity index (χ0) is 9.40. The van der Waals surface area contributed by atoms with Crippen molar-refractivity contribution < 1.29 is 4.39 Å². The van der Waals surface area contributed by atoms with Crippen molar-refractivity contribution in [3.63, 3.8) is 0 Å². The molecule has 0 saturated carbocycles. The Morgan fingerprint density at radius 3 is 2.58 bits per heavy atom. The minimum Gasteiger partial charge on any atom is -0.387 e. The Hall–Kier alpha value is -1.31. The lowest BCUT2D eigenvalue weighted by Gasteiger charge is -2.03. The van der Waals surface area contributed by atoms with E-state index in [0.717, 1.165) is 0 Å². The number of allylic oxidation sites excluding steroid dienone is 3. The second-order valence-corrected chi connectivity index (χ2v) is 2.15. The number of rotatable bonds is 5. The summed E-state index contributed by atoms with van der Waals surface area (Å²) in [5, 5.41) is 2.82. The molecular formula is C10H14FN. The van der Waals surface area contributed by atoms with E-state index in [4.69, 9.17) is 0 Å². The molecule has 0 radical (unpaired) electrons. The zero-order valence-corrected chi connectivity index (χ0v) is 7.31. The van der Waals surface area contributed by atoms with Gasteiger partial charge in [-0.05, 0) is 13.1 Å².